The number of thiophene rings is 1. The second kappa shape index (κ2) is 4.27. The van der Waals surface area contributed by atoms with E-state index in [4.69, 9.17) is 11.6 Å². The predicted molar refractivity (Wildman–Crippen MR) is 51.3 cm³/mol. The highest BCUT2D eigenvalue weighted by Gasteiger charge is 2.06. The molecule has 0 radical (unpaired) electrons. The zero-order valence-corrected chi connectivity index (χ0v) is 8.10. The topological polar surface area (TPSA) is 0 Å². The van der Waals surface area contributed by atoms with Gasteiger partial charge in [-0.25, -0.2) is 0 Å². The molecule has 0 saturated heterocycles. The van der Waals surface area contributed by atoms with Crippen LogP contribution in [0.2, 0.25) is 0 Å². The quantitative estimate of drug-likeness (QED) is 0.662. The Morgan fingerprint density at radius 1 is 1.80 bits per heavy atom. The molecule has 1 rings (SSSR count). The molecule has 1 heterocycles. The van der Waals surface area contributed by atoms with Crippen molar-refractivity contribution in [2.45, 2.75) is 5.38 Å². The van der Waals surface area contributed by atoms with Crippen LogP contribution in [0.3, 0.4) is 0 Å². The van der Waals surface area contributed by atoms with Crippen LogP contribution in [0.25, 0.3) is 0 Å². The van der Waals surface area contributed by atoms with Gasteiger partial charge in [-0.15, -0.1) is 22.9 Å². The Labute approximate surface area is 74.6 Å². The molecular weight excluding hydrogens is 184 g/mol. The molecule has 0 aliphatic carbocycles. The van der Waals surface area contributed by atoms with Crippen molar-refractivity contribution in [3.05, 3.63) is 22.4 Å². The van der Waals surface area contributed by atoms with E-state index in [1.165, 1.54) is 4.88 Å². The fraction of sp³-hybridized carbons (Fsp3) is 0.429. The first kappa shape index (κ1) is 8.44. The SMILES string of the molecule is CSCC(Cl)c1cccs1. The molecule has 1 aromatic heterocycles. The molecule has 1 unspecified atom stereocenters. The maximum atomic E-state index is 6.04. The molecule has 0 N–H and O–H groups in total. The number of hydrogen-bond donors (Lipinski definition) is 0. The summed E-state index contributed by atoms with van der Waals surface area (Å²) < 4.78 is 0. The second-order valence-corrected chi connectivity index (χ2v) is 4.36. The molecule has 1 atom stereocenters. The van der Waals surface area contributed by atoms with Crippen molar-refractivity contribution >= 4 is 34.7 Å². The van der Waals surface area contributed by atoms with Crippen LogP contribution in [0.5, 0.6) is 0 Å². The second-order valence-electron chi connectivity index (χ2n) is 1.94. The summed E-state index contributed by atoms with van der Waals surface area (Å²) in [6, 6.07) is 4.12. The van der Waals surface area contributed by atoms with Crippen molar-refractivity contribution in [3.63, 3.8) is 0 Å². The fourth-order valence-corrected chi connectivity index (χ4v) is 2.58. The van der Waals surface area contributed by atoms with Crippen LogP contribution in [0, 0.1) is 0 Å². The molecule has 0 aliphatic heterocycles. The van der Waals surface area contributed by atoms with E-state index in [2.05, 4.69) is 17.7 Å². The van der Waals surface area contributed by atoms with Gasteiger partial charge in [0.1, 0.15) is 0 Å². The number of hydrogen-bond acceptors (Lipinski definition) is 2. The van der Waals surface area contributed by atoms with Crippen LogP contribution in [0.15, 0.2) is 17.5 Å². The van der Waals surface area contributed by atoms with Crippen molar-refractivity contribution in [2.75, 3.05) is 12.0 Å². The van der Waals surface area contributed by atoms with Gasteiger partial charge in [-0.1, -0.05) is 6.07 Å². The molecule has 3 heteroatoms. The van der Waals surface area contributed by atoms with Gasteiger partial charge in [-0.05, 0) is 17.7 Å². The standard InChI is InChI=1S/C7H9ClS2/c1-9-5-6(8)7-3-2-4-10-7/h2-4,6H,5H2,1H3. The Morgan fingerprint density at radius 3 is 3.10 bits per heavy atom. The Balaban J connectivity index is 2.50. The smallest absolute Gasteiger partial charge is 0.0768 e. The van der Waals surface area contributed by atoms with E-state index in [9.17, 15) is 0 Å². The number of rotatable bonds is 3. The minimum atomic E-state index is 0.204. The Hall–Kier alpha value is 0.340. The molecule has 0 nitrogen and oxygen atoms in total. The molecule has 0 spiro atoms. The monoisotopic (exact) mass is 192 g/mol. The van der Waals surface area contributed by atoms with Gasteiger partial charge in [0.25, 0.3) is 0 Å². The zero-order chi connectivity index (χ0) is 7.40. The molecule has 56 valence electrons. The molecule has 0 aliphatic rings. The van der Waals surface area contributed by atoms with Crippen LogP contribution in [-0.4, -0.2) is 12.0 Å². The average Bonchev–Trinajstić information content (AvgIpc) is 2.38. The van der Waals surface area contributed by atoms with Gasteiger partial charge in [-0.2, -0.15) is 11.8 Å². The maximum Gasteiger partial charge on any atom is 0.0768 e. The van der Waals surface area contributed by atoms with Crippen molar-refractivity contribution < 1.29 is 0 Å². The first-order chi connectivity index (χ1) is 4.84. The summed E-state index contributed by atoms with van der Waals surface area (Å²) >= 11 is 9.55. The molecular formula is C7H9ClS2. The van der Waals surface area contributed by atoms with Crippen molar-refractivity contribution in [1.82, 2.24) is 0 Å². The molecule has 10 heavy (non-hydrogen) atoms. The van der Waals surface area contributed by atoms with E-state index < -0.39 is 0 Å². The summed E-state index contributed by atoms with van der Waals surface area (Å²) in [6.07, 6.45) is 2.07. The maximum absolute atomic E-state index is 6.04. The van der Waals surface area contributed by atoms with Gasteiger partial charge in [0, 0.05) is 10.6 Å². The largest absolute Gasteiger partial charge is 0.164 e. The number of halogens is 1. The van der Waals surface area contributed by atoms with Gasteiger partial charge in [0.15, 0.2) is 0 Å². The lowest BCUT2D eigenvalue weighted by atomic mass is 10.4. The van der Waals surface area contributed by atoms with Gasteiger partial charge < -0.3 is 0 Å². The molecule has 0 saturated carbocycles. The minimum Gasteiger partial charge on any atom is -0.164 e. The lowest BCUT2D eigenvalue weighted by Crippen LogP contribution is -1.88. The van der Waals surface area contributed by atoms with Crippen LogP contribution < -0.4 is 0 Å². The summed E-state index contributed by atoms with van der Waals surface area (Å²) in [5, 5.41) is 2.26. The predicted octanol–water partition coefficient (Wildman–Crippen LogP) is 3.39. The highest BCUT2D eigenvalue weighted by molar-refractivity contribution is 7.98. The summed E-state index contributed by atoms with van der Waals surface area (Å²) in [6.45, 7) is 0. The number of thioether (sulfide) groups is 1. The summed E-state index contributed by atoms with van der Waals surface area (Å²) in [5.41, 5.74) is 0. The lowest BCUT2D eigenvalue weighted by Gasteiger charge is -2.02. The normalized spacial score (nSPS) is 13.4. The van der Waals surface area contributed by atoms with Crippen molar-refractivity contribution in [3.8, 4) is 0 Å². The van der Waals surface area contributed by atoms with E-state index >= 15 is 0 Å². The van der Waals surface area contributed by atoms with E-state index in [0.29, 0.717) is 0 Å². The van der Waals surface area contributed by atoms with Gasteiger partial charge in [-0.3, -0.25) is 0 Å². The Bertz CT molecular complexity index is 172. The third-order valence-electron chi connectivity index (χ3n) is 1.16. The van der Waals surface area contributed by atoms with Crippen LogP contribution in [0.1, 0.15) is 10.3 Å². The Kier molecular flexibility index (Phi) is 3.60. The molecule has 0 amide bonds. The van der Waals surface area contributed by atoms with Gasteiger partial charge in [0.05, 0.1) is 5.38 Å². The molecule has 0 bridgehead atoms. The first-order valence-electron chi connectivity index (χ1n) is 3.01. The van der Waals surface area contributed by atoms with Crippen molar-refractivity contribution in [2.24, 2.45) is 0 Å². The van der Waals surface area contributed by atoms with E-state index in [-0.39, 0.29) is 5.38 Å². The van der Waals surface area contributed by atoms with Crippen molar-refractivity contribution in [1.29, 1.82) is 0 Å². The Morgan fingerprint density at radius 2 is 2.60 bits per heavy atom. The van der Waals surface area contributed by atoms with Gasteiger partial charge >= 0.3 is 0 Å². The van der Waals surface area contributed by atoms with Crippen LogP contribution >= 0.6 is 34.7 Å². The fourth-order valence-electron chi connectivity index (χ4n) is 0.698. The van der Waals surface area contributed by atoms with Crippen LogP contribution in [-0.2, 0) is 0 Å². The third-order valence-corrected chi connectivity index (χ3v) is 3.52. The van der Waals surface area contributed by atoms with E-state index in [1.807, 2.05) is 6.07 Å². The lowest BCUT2D eigenvalue weighted by molar-refractivity contribution is 1.15. The minimum absolute atomic E-state index is 0.204. The van der Waals surface area contributed by atoms with Crippen LogP contribution in [0.4, 0.5) is 0 Å². The first-order valence-corrected chi connectivity index (χ1v) is 5.72. The molecule has 0 fully saturated rings. The average molecular weight is 193 g/mol. The van der Waals surface area contributed by atoms with E-state index in [0.717, 1.165) is 5.75 Å². The zero-order valence-electron chi connectivity index (χ0n) is 5.71. The molecule has 1 aromatic rings. The highest BCUT2D eigenvalue weighted by atomic mass is 35.5. The summed E-state index contributed by atoms with van der Waals surface area (Å²) in [5.74, 6) is 1.00. The van der Waals surface area contributed by atoms with E-state index in [1.54, 1.807) is 23.1 Å². The highest BCUT2D eigenvalue weighted by Crippen LogP contribution is 2.27. The van der Waals surface area contributed by atoms with Gasteiger partial charge in [0.2, 0.25) is 0 Å². The summed E-state index contributed by atoms with van der Waals surface area (Å²) in [4.78, 5) is 1.27. The third kappa shape index (κ3) is 2.19. The summed E-state index contributed by atoms with van der Waals surface area (Å²) in [7, 11) is 0. The number of alkyl halides is 1. The molecule has 0 aromatic carbocycles.